The molecule has 0 aromatic heterocycles. The van der Waals surface area contributed by atoms with Crippen LogP contribution in [0.3, 0.4) is 0 Å². The molecule has 3 saturated carbocycles. The summed E-state index contributed by atoms with van der Waals surface area (Å²) in [5.74, 6) is 0. The first-order chi connectivity index (χ1) is 8.30. The lowest BCUT2D eigenvalue weighted by atomic mass is 9.57. The van der Waals surface area contributed by atoms with Gasteiger partial charge in [-0.3, -0.25) is 0 Å². The van der Waals surface area contributed by atoms with Gasteiger partial charge < -0.3 is 10.2 Å². The molecule has 17 heavy (non-hydrogen) atoms. The van der Waals surface area contributed by atoms with E-state index in [9.17, 15) is 0 Å². The van der Waals surface area contributed by atoms with Crippen molar-refractivity contribution in [1.82, 2.24) is 10.2 Å². The van der Waals surface area contributed by atoms with Crippen LogP contribution in [0.4, 0.5) is 0 Å². The maximum Gasteiger partial charge on any atom is 0.0124 e. The average molecular weight is 236 g/mol. The molecule has 3 rings (SSSR count). The lowest BCUT2D eigenvalue weighted by Gasteiger charge is -2.52. The highest BCUT2D eigenvalue weighted by Gasteiger charge is 2.46. The summed E-state index contributed by atoms with van der Waals surface area (Å²) < 4.78 is 0. The van der Waals surface area contributed by atoms with Gasteiger partial charge in [0.25, 0.3) is 0 Å². The highest BCUT2D eigenvalue weighted by atomic mass is 15.2. The minimum absolute atomic E-state index is 0.733. The SMILES string of the molecule is CN(CCNC1CCC12CCCCC2)C1CC1. The summed E-state index contributed by atoms with van der Waals surface area (Å²) in [6, 6.07) is 1.78. The van der Waals surface area contributed by atoms with Crippen molar-refractivity contribution in [3.8, 4) is 0 Å². The van der Waals surface area contributed by atoms with Gasteiger partial charge in [-0.05, 0) is 51.0 Å². The Morgan fingerprint density at radius 2 is 1.82 bits per heavy atom. The second-order valence-electron chi connectivity index (χ2n) is 6.68. The largest absolute Gasteiger partial charge is 0.312 e. The second-order valence-corrected chi connectivity index (χ2v) is 6.68. The zero-order valence-corrected chi connectivity index (χ0v) is 11.4. The molecule has 1 N–H and O–H groups in total. The highest BCUT2D eigenvalue weighted by Crippen LogP contribution is 2.51. The molecule has 1 atom stereocenters. The number of nitrogens with one attached hydrogen (secondary N) is 1. The van der Waals surface area contributed by atoms with E-state index in [0.717, 1.165) is 17.5 Å². The van der Waals surface area contributed by atoms with Crippen LogP contribution in [0, 0.1) is 5.41 Å². The first kappa shape index (κ1) is 12.0. The van der Waals surface area contributed by atoms with E-state index in [1.807, 2.05) is 0 Å². The predicted molar refractivity (Wildman–Crippen MR) is 72.2 cm³/mol. The van der Waals surface area contributed by atoms with Gasteiger partial charge in [0.2, 0.25) is 0 Å². The fourth-order valence-electron chi connectivity index (χ4n) is 3.98. The van der Waals surface area contributed by atoms with Crippen molar-refractivity contribution in [3.05, 3.63) is 0 Å². The lowest BCUT2D eigenvalue weighted by molar-refractivity contribution is 0.0223. The lowest BCUT2D eigenvalue weighted by Crippen LogP contribution is -2.55. The Morgan fingerprint density at radius 1 is 1.06 bits per heavy atom. The van der Waals surface area contributed by atoms with E-state index in [-0.39, 0.29) is 0 Å². The average Bonchev–Trinajstić information content (AvgIpc) is 3.18. The molecule has 0 bridgehead atoms. The molecular formula is C15H28N2. The van der Waals surface area contributed by atoms with E-state index in [0.29, 0.717) is 0 Å². The maximum atomic E-state index is 3.85. The van der Waals surface area contributed by atoms with Gasteiger partial charge in [0, 0.05) is 25.2 Å². The molecular weight excluding hydrogens is 208 g/mol. The first-order valence-corrected chi connectivity index (χ1v) is 7.74. The van der Waals surface area contributed by atoms with Gasteiger partial charge in [0.05, 0.1) is 0 Å². The topological polar surface area (TPSA) is 15.3 Å². The molecule has 2 nitrogen and oxygen atoms in total. The van der Waals surface area contributed by atoms with Crippen LogP contribution in [0.2, 0.25) is 0 Å². The van der Waals surface area contributed by atoms with Crippen LogP contribution >= 0.6 is 0 Å². The quantitative estimate of drug-likeness (QED) is 0.789. The molecule has 3 aliphatic rings. The Bertz CT molecular complexity index is 254. The van der Waals surface area contributed by atoms with Gasteiger partial charge >= 0.3 is 0 Å². The van der Waals surface area contributed by atoms with Crippen molar-refractivity contribution in [2.75, 3.05) is 20.1 Å². The second kappa shape index (κ2) is 4.89. The molecule has 1 unspecified atom stereocenters. The number of hydrogen-bond acceptors (Lipinski definition) is 2. The Kier molecular flexibility index (Phi) is 3.45. The van der Waals surface area contributed by atoms with E-state index < -0.39 is 0 Å². The van der Waals surface area contributed by atoms with E-state index in [1.165, 1.54) is 70.9 Å². The minimum Gasteiger partial charge on any atom is -0.312 e. The first-order valence-electron chi connectivity index (χ1n) is 7.74. The van der Waals surface area contributed by atoms with E-state index in [1.54, 1.807) is 0 Å². The molecule has 3 aliphatic carbocycles. The fourth-order valence-corrected chi connectivity index (χ4v) is 3.98. The summed E-state index contributed by atoms with van der Waals surface area (Å²) in [4.78, 5) is 2.54. The Balaban J connectivity index is 1.39. The van der Waals surface area contributed by atoms with Gasteiger partial charge in [-0.25, -0.2) is 0 Å². The molecule has 0 saturated heterocycles. The Labute approximate surface area is 106 Å². The number of likely N-dealkylation sites (N-methyl/N-ethyl adjacent to an activating group) is 1. The molecule has 0 aromatic rings. The smallest absolute Gasteiger partial charge is 0.0124 e. The van der Waals surface area contributed by atoms with Crippen molar-refractivity contribution in [1.29, 1.82) is 0 Å². The number of nitrogens with zero attached hydrogens (tertiary/aromatic N) is 1. The van der Waals surface area contributed by atoms with E-state index in [4.69, 9.17) is 0 Å². The molecule has 2 heteroatoms. The Hall–Kier alpha value is -0.0800. The number of hydrogen-bond donors (Lipinski definition) is 1. The maximum absolute atomic E-state index is 3.85. The van der Waals surface area contributed by atoms with Crippen molar-refractivity contribution >= 4 is 0 Å². The Morgan fingerprint density at radius 3 is 2.41 bits per heavy atom. The van der Waals surface area contributed by atoms with Crippen LogP contribution < -0.4 is 5.32 Å². The van der Waals surface area contributed by atoms with Crippen molar-refractivity contribution in [3.63, 3.8) is 0 Å². The standard InChI is InChI=1S/C15H28N2/c1-17(13-5-6-13)12-11-16-14-7-10-15(14)8-3-2-4-9-15/h13-14,16H,2-12H2,1H3. The molecule has 0 heterocycles. The van der Waals surface area contributed by atoms with Crippen LogP contribution in [0.25, 0.3) is 0 Å². The van der Waals surface area contributed by atoms with Gasteiger partial charge in [0.15, 0.2) is 0 Å². The van der Waals surface area contributed by atoms with E-state index >= 15 is 0 Å². The van der Waals surface area contributed by atoms with Gasteiger partial charge in [-0.2, -0.15) is 0 Å². The summed E-state index contributed by atoms with van der Waals surface area (Å²) >= 11 is 0. The van der Waals surface area contributed by atoms with Crippen LogP contribution in [0.15, 0.2) is 0 Å². The predicted octanol–water partition coefficient (Wildman–Crippen LogP) is 2.78. The van der Waals surface area contributed by atoms with Crippen LogP contribution in [0.5, 0.6) is 0 Å². The third-order valence-electron chi connectivity index (χ3n) is 5.54. The van der Waals surface area contributed by atoms with Crippen molar-refractivity contribution in [2.24, 2.45) is 5.41 Å². The molecule has 0 amide bonds. The summed E-state index contributed by atoms with van der Waals surface area (Å²) in [5, 5.41) is 3.85. The third kappa shape index (κ3) is 2.53. The van der Waals surface area contributed by atoms with Crippen molar-refractivity contribution in [2.45, 2.75) is 69.9 Å². The van der Waals surface area contributed by atoms with Gasteiger partial charge in [-0.1, -0.05) is 19.3 Å². The molecule has 98 valence electrons. The fraction of sp³-hybridized carbons (Fsp3) is 1.00. The highest BCUT2D eigenvalue weighted by molar-refractivity contribution is 5.01. The molecule has 1 spiro atoms. The van der Waals surface area contributed by atoms with Crippen molar-refractivity contribution < 1.29 is 0 Å². The monoisotopic (exact) mass is 236 g/mol. The zero-order valence-electron chi connectivity index (χ0n) is 11.4. The summed E-state index contributed by atoms with van der Waals surface area (Å²) in [7, 11) is 2.29. The summed E-state index contributed by atoms with van der Waals surface area (Å²) in [6.07, 6.45) is 13.3. The van der Waals surface area contributed by atoms with Gasteiger partial charge in [-0.15, -0.1) is 0 Å². The van der Waals surface area contributed by atoms with Gasteiger partial charge in [0.1, 0.15) is 0 Å². The van der Waals surface area contributed by atoms with Crippen LogP contribution in [0.1, 0.15) is 57.8 Å². The van der Waals surface area contributed by atoms with Crippen LogP contribution in [-0.4, -0.2) is 37.1 Å². The van der Waals surface area contributed by atoms with E-state index in [2.05, 4.69) is 17.3 Å². The number of rotatable bonds is 5. The zero-order chi connectivity index (χ0) is 11.7. The molecule has 0 radical (unpaired) electrons. The normalized spacial score (nSPS) is 31.8. The third-order valence-corrected chi connectivity index (χ3v) is 5.54. The molecule has 0 aliphatic heterocycles. The van der Waals surface area contributed by atoms with Crippen LogP contribution in [-0.2, 0) is 0 Å². The molecule has 3 fully saturated rings. The summed E-state index contributed by atoms with van der Waals surface area (Å²) in [6.45, 7) is 2.46. The molecule has 0 aromatic carbocycles. The minimum atomic E-state index is 0.733. The summed E-state index contributed by atoms with van der Waals surface area (Å²) in [5.41, 5.74) is 0.733.